The number of nitrogens with zero attached hydrogens (tertiary/aromatic N) is 1. The van der Waals surface area contributed by atoms with Crippen molar-refractivity contribution >= 4 is 18.0 Å². The lowest BCUT2D eigenvalue weighted by atomic mass is 10.1. The Balaban J connectivity index is 2.38. The smallest absolute Gasteiger partial charge is 0.326 e. The molecule has 0 spiro atoms. The van der Waals surface area contributed by atoms with E-state index >= 15 is 0 Å². The van der Waals surface area contributed by atoms with Crippen LogP contribution >= 0.6 is 0 Å². The molecule has 1 aromatic rings. The van der Waals surface area contributed by atoms with E-state index in [0.717, 1.165) is 0 Å². The topological polar surface area (TPSA) is 144 Å². The number of H-pyrrole nitrogens is 1. The second-order valence-electron chi connectivity index (χ2n) is 3.73. The predicted octanol–water partition coefficient (Wildman–Crippen LogP) is -0.473. The molecular formula is C10H14N4O5. The van der Waals surface area contributed by atoms with Gasteiger partial charge < -0.3 is 25.8 Å². The van der Waals surface area contributed by atoms with Gasteiger partial charge in [0.1, 0.15) is 6.04 Å². The molecule has 9 nitrogen and oxygen atoms in total. The lowest BCUT2D eigenvalue weighted by Gasteiger charge is -2.13. The molecule has 1 atom stereocenters. The molecule has 0 bridgehead atoms. The molecule has 0 saturated carbocycles. The number of hydrogen-bond donors (Lipinski definition) is 5. The van der Waals surface area contributed by atoms with Crippen molar-refractivity contribution in [2.45, 2.75) is 25.4 Å². The SMILES string of the molecule is O=C(O)CC[C@H](NC(=O)NCc1cnc[nH]1)C(=O)O. The number of carboxylic acid groups (broad SMARTS) is 2. The van der Waals surface area contributed by atoms with Crippen LogP contribution in [0.1, 0.15) is 18.5 Å². The molecule has 0 aliphatic carbocycles. The van der Waals surface area contributed by atoms with Gasteiger partial charge >= 0.3 is 18.0 Å². The monoisotopic (exact) mass is 270 g/mol. The van der Waals surface area contributed by atoms with Gasteiger partial charge in [-0.3, -0.25) is 4.79 Å². The quantitative estimate of drug-likeness (QED) is 0.453. The molecule has 1 heterocycles. The highest BCUT2D eigenvalue weighted by atomic mass is 16.4. The fourth-order valence-electron chi connectivity index (χ4n) is 1.29. The Morgan fingerprint density at radius 3 is 2.63 bits per heavy atom. The van der Waals surface area contributed by atoms with E-state index in [9.17, 15) is 14.4 Å². The minimum atomic E-state index is -1.28. The van der Waals surface area contributed by atoms with Gasteiger partial charge in [0.15, 0.2) is 0 Å². The molecule has 1 aromatic heterocycles. The molecule has 1 rings (SSSR count). The molecule has 19 heavy (non-hydrogen) atoms. The van der Waals surface area contributed by atoms with Crippen LogP contribution in [-0.2, 0) is 16.1 Å². The number of aromatic amines is 1. The molecule has 9 heteroatoms. The number of carboxylic acids is 2. The van der Waals surface area contributed by atoms with Crippen LogP contribution in [0.25, 0.3) is 0 Å². The van der Waals surface area contributed by atoms with Gasteiger partial charge in [0, 0.05) is 12.6 Å². The first-order chi connectivity index (χ1) is 8.99. The summed E-state index contributed by atoms with van der Waals surface area (Å²) in [6.45, 7) is 0.164. The van der Waals surface area contributed by atoms with Crippen molar-refractivity contribution in [1.29, 1.82) is 0 Å². The lowest BCUT2D eigenvalue weighted by Crippen LogP contribution is -2.46. The lowest BCUT2D eigenvalue weighted by molar-refractivity contribution is -0.140. The Kier molecular flexibility index (Phi) is 5.33. The molecule has 0 radical (unpaired) electrons. The van der Waals surface area contributed by atoms with Gasteiger partial charge in [-0.25, -0.2) is 14.6 Å². The normalized spacial score (nSPS) is 11.6. The Hall–Kier alpha value is -2.58. The van der Waals surface area contributed by atoms with Gasteiger partial charge in [0.25, 0.3) is 0 Å². The van der Waals surface area contributed by atoms with Crippen LogP contribution in [0.15, 0.2) is 12.5 Å². The Morgan fingerprint density at radius 2 is 2.11 bits per heavy atom. The summed E-state index contributed by atoms with van der Waals surface area (Å²) in [5.41, 5.74) is 0.660. The summed E-state index contributed by atoms with van der Waals surface area (Å²) < 4.78 is 0. The molecule has 0 fully saturated rings. The second kappa shape index (κ2) is 6.99. The van der Waals surface area contributed by atoms with E-state index in [2.05, 4.69) is 20.6 Å². The van der Waals surface area contributed by atoms with E-state index in [0.29, 0.717) is 5.69 Å². The number of nitrogens with one attached hydrogen (secondary N) is 3. The predicted molar refractivity (Wildman–Crippen MR) is 62.3 cm³/mol. The molecule has 0 aliphatic rings. The molecular weight excluding hydrogens is 256 g/mol. The summed E-state index contributed by atoms with van der Waals surface area (Å²) in [5.74, 6) is -2.40. The molecule has 0 aliphatic heterocycles. The molecule has 0 unspecified atom stereocenters. The van der Waals surface area contributed by atoms with E-state index in [1.807, 2.05) is 0 Å². The molecule has 2 amide bonds. The van der Waals surface area contributed by atoms with E-state index in [-0.39, 0.29) is 19.4 Å². The summed E-state index contributed by atoms with van der Waals surface area (Å²) >= 11 is 0. The molecule has 0 aromatic carbocycles. The van der Waals surface area contributed by atoms with Crippen LogP contribution in [0.4, 0.5) is 4.79 Å². The number of imidazole rings is 1. The van der Waals surface area contributed by atoms with Crippen LogP contribution in [-0.4, -0.2) is 44.2 Å². The van der Waals surface area contributed by atoms with Crippen LogP contribution in [0.2, 0.25) is 0 Å². The zero-order valence-electron chi connectivity index (χ0n) is 9.92. The van der Waals surface area contributed by atoms with Gasteiger partial charge in [0.2, 0.25) is 0 Å². The Labute approximate surface area is 108 Å². The summed E-state index contributed by atoms with van der Waals surface area (Å²) in [4.78, 5) is 39.1. The number of carbonyl (C=O) groups is 3. The third kappa shape index (κ3) is 5.52. The van der Waals surface area contributed by atoms with Crippen molar-refractivity contribution in [2.75, 3.05) is 0 Å². The van der Waals surface area contributed by atoms with Crippen LogP contribution in [0.5, 0.6) is 0 Å². The highest BCUT2D eigenvalue weighted by Crippen LogP contribution is 1.98. The second-order valence-corrected chi connectivity index (χ2v) is 3.73. The van der Waals surface area contributed by atoms with Crippen LogP contribution in [0, 0.1) is 0 Å². The average molecular weight is 270 g/mol. The first kappa shape index (κ1) is 14.5. The highest BCUT2D eigenvalue weighted by Gasteiger charge is 2.20. The van der Waals surface area contributed by atoms with Crippen molar-refractivity contribution in [3.8, 4) is 0 Å². The van der Waals surface area contributed by atoms with Gasteiger partial charge in [-0.2, -0.15) is 0 Å². The molecule has 0 saturated heterocycles. The third-order valence-corrected chi connectivity index (χ3v) is 2.24. The first-order valence-electron chi connectivity index (χ1n) is 5.45. The first-order valence-corrected chi connectivity index (χ1v) is 5.45. The largest absolute Gasteiger partial charge is 0.481 e. The number of aromatic nitrogens is 2. The third-order valence-electron chi connectivity index (χ3n) is 2.24. The van der Waals surface area contributed by atoms with Crippen molar-refractivity contribution in [2.24, 2.45) is 0 Å². The zero-order chi connectivity index (χ0) is 14.3. The number of carbonyl (C=O) groups excluding carboxylic acids is 1. The van der Waals surface area contributed by atoms with Crippen molar-refractivity contribution in [3.05, 3.63) is 18.2 Å². The maximum absolute atomic E-state index is 11.4. The van der Waals surface area contributed by atoms with Gasteiger partial charge in [-0.1, -0.05) is 0 Å². The van der Waals surface area contributed by atoms with E-state index in [4.69, 9.17) is 10.2 Å². The van der Waals surface area contributed by atoms with Crippen molar-refractivity contribution < 1.29 is 24.6 Å². The number of urea groups is 1. The van der Waals surface area contributed by atoms with Crippen molar-refractivity contribution in [3.63, 3.8) is 0 Å². The fourth-order valence-corrected chi connectivity index (χ4v) is 1.29. The van der Waals surface area contributed by atoms with Gasteiger partial charge in [-0.05, 0) is 6.42 Å². The van der Waals surface area contributed by atoms with Gasteiger partial charge in [0.05, 0.1) is 18.6 Å². The minimum Gasteiger partial charge on any atom is -0.481 e. The van der Waals surface area contributed by atoms with Gasteiger partial charge in [-0.15, -0.1) is 0 Å². The Morgan fingerprint density at radius 1 is 1.37 bits per heavy atom. The van der Waals surface area contributed by atoms with Crippen molar-refractivity contribution in [1.82, 2.24) is 20.6 Å². The summed E-state index contributed by atoms with van der Waals surface area (Å²) in [5, 5.41) is 21.9. The average Bonchev–Trinajstić information content (AvgIpc) is 2.84. The maximum atomic E-state index is 11.4. The Bertz CT molecular complexity index is 445. The number of rotatable bonds is 7. The number of aliphatic carboxylic acids is 2. The summed E-state index contributed by atoms with van der Waals surface area (Å²) in [7, 11) is 0. The van der Waals surface area contributed by atoms with E-state index < -0.39 is 24.0 Å². The highest BCUT2D eigenvalue weighted by molar-refractivity contribution is 5.82. The van der Waals surface area contributed by atoms with Crippen LogP contribution < -0.4 is 10.6 Å². The molecule has 104 valence electrons. The summed E-state index contributed by atoms with van der Waals surface area (Å²) in [6.07, 6.45) is 2.45. The minimum absolute atomic E-state index is 0.164. The summed E-state index contributed by atoms with van der Waals surface area (Å²) in [6, 6.07) is -1.93. The van der Waals surface area contributed by atoms with Crippen LogP contribution in [0.3, 0.4) is 0 Å². The number of hydrogen-bond acceptors (Lipinski definition) is 4. The standard InChI is InChI=1S/C10H14N4O5/c15-8(16)2-1-7(9(17)18)14-10(19)12-4-6-3-11-5-13-6/h3,5,7H,1-2,4H2,(H,11,13)(H,15,16)(H,17,18)(H2,12,14,19)/t7-/m0/s1. The van der Waals surface area contributed by atoms with E-state index in [1.165, 1.54) is 12.5 Å². The van der Waals surface area contributed by atoms with E-state index in [1.54, 1.807) is 0 Å². The maximum Gasteiger partial charge on any atom is 0.326 e. The number of amides is 2. The molecule has 5 N–H and O–H groups in total. The zero-order valence-corrected chi connectivity index (χ0v) is 9.92. The fraction of sp³-hybridized carbons (Fsp3) is 0.400.